The van der Waals surface area contributed by atoms with Gasteiger partial charge in [-0.1, -0.05) is 39.8 Å². The molecule has 5 aliphatic carbocycles. The molecular weight excluding hydrogens is 457 g/mol. The molecule has 5 unspecified atom stereocenters. The van der Waals surface area contributed by atoms with Crippen LogP contribution < -0.4 is 0 Å². The zero-order chi connectivity index (χ0) is 25.6. The van der Waals surface area contributed by atoms with Gasteiger partial charge >= 0.3 is 5.97 Å². The van der Waals surface area contributed by atoms with E-state index in [9.17, 15) is 15.1 Å². The van der Waals surface area contributed by atoms with E-state index < -0.39 is 11.4 Å². The van der Waals surface area contributed by atoms with Crippen molar-refractivity contribution in [1.82, 2.24) is 0 Å². The third-order valence-electron chi connectivity index (χ3n) is 13.7. The molecule has 5 fully saturated rings. The van der Waals surface area contributed by atoms with Crippen LogP contribution >= 0.6 is 9.47 Å². The second-order valence-corrected chi connectivity index (χ2v) is 14.8. The molecule has 198 valence electrons. The highest BCUT2D eigenvalue weighted by molar-refractivity contribution is 7.09. The van der Waals surface area contributed by atoms with Crippen molar-refractivity contribution in [2.75, 3.05) is 0 Å². The molecule has 0 aromatic heterocycles. The van der Waals surface area contributed by atoms with E-state index in [1.54, 1.807) is 0 Å². The number of hydrogen-bond donors (Lipinski definition) is 2. The van der Waals surface area contributed by atoms with Gasteiger partial charge < -0.3 is 14.8 Å². The Morgan fingerprint density at radius 1 is 0.886 bits per heavy atom. The summed E-state index contributed by atoms with van der Waals surface area (Å²) >= 11 is 0. The van der Waals surface area contributed by atoms with Crippen molar-refractivity contribution in [2.45, 2.75) is 112 Å². The zero-order valence-corrected chi connectivity index (χ0v) is 23.9. The number of carbonyl (C=O) groups is 1. The quantitative estimate of drug-likeness (QED) is 0.184. The standard InChI is InChI=1S/C29H48NO4P/c1-17(30-33)18-9-14-29(24(31)32)16-15-27(5)19(23(18)29)7-8-21-26(4)12-11-22(34-35)25(2,3)20(26)10-13-28(21,27)6/h18-23,33H,7-16,35H2,1-6H3,(H,31,32)/b30-17-/t18-,19?,20?,21?,22-,23?,26-,27+,28+,29-/m0/s1. The molecular formula is C29H48NO4P. The van der Waals surface area contributed by atoms with E-state index in [0.717, 1.165) is 44.2 Å². The highest BCUT2D eigenvalue weighted by Gasteiger charge is 2.72. The summed E-state index contributed by atoms with van der Waals surface area (Å²) < 4.78 is 5.92. The molecule has 0 aliphatic heterocycles. The maximum atomic E-state index is 12.8. The SMILES string of the molecule is C/C(=N/O)[C@@H]1CC[C@]2(C(=O)O)CC[C@]3(C)C(CCC4[C@@]5(C)CC[C@H](OP)C(C)(C)C5CC[C@]43C)C12. The zero-order valence-electron chi connectivity index (χ0n) is 22.8. The molecule has 35 heavy (non-hydrogen) atoms. The summed E-state index contributed by atoms with van der Waals surface area (Å²) in [6, 6.07) is 0. The lowest BCUT2D eigenvalue weighted by molar-refractivity contribution is -0.245. The summed E-state index contributed by atoms with van der Waals surface area (Å²) in [5, 5.41) is 23.8. The number of rotatable bonds is 3. The van der Waals surface area contributed by atoms with E-state index in [2.05, 4.69) is 49.2 Å². The van der Waals surface area contributed by atoms with E-state index in [-0.39, 0.29) is 28.1 Å². The molecule has 0 heterocycles. The van der Waals surface area contributed by atoms with Gasteiger partial charge in [-0.2, -0.15) is 0 Å². The first-order valence-corrected chi connectivity index (χ1v) is 14.6. The lowest BCUT2D eigenvalue weighted by atomic mass is 9.32. The maximum absolute atomic E-state index is 12.8. The van der Waals surface area contributed by atoms with Gasteiger partial charge in [-0.25, -0.2) is 0 Å². The number of nitrogens with zero attached hydrogens (tertiary/aromatic N) is 1. The number of carboxylic acid groups (broad SMARTS) is 1. The summed E-state index contributed by atoms with van der Waals surface area (Å²) in [5.74, 6) is 1.23. The van der Waals surface area contributed by atoms with E-state index in [4.69, 9.17) is 4.52 Å². The smallest absolute Gasteiger partial charge is 0.309 e. The molecule has 11 atom stereocenters. The minimum absolute atomic E-state index is 0.0793. The summed E-state index contributed by atoms with van der Waals surface area (Å²) in [7, 11) is 2.54. The van der Waals surface area contributed by atoms with E-state index in [1.807, 2.05) is 6.92 Å². The normalized spacial score (nSPS) is 53.2. The third kappa shape index (κ3) is 3.12. The summed E-state index contributed by atoms with van der Waals surface area (Å²) in [6.45, 7) is 14.5. The van der Waals surface area contributed by atoms with Crippen LogP contribution in [-0.2, 0) is 9.32 Å². The molecule has 5 nitrogen and oxygen atoms in total. The van der Waals surface area contributed by atoms with Crippen molar-refractivity contribution >= 4 is 21.1 Å². The lowest BCUT2D eigenvalue weighted by Crippen LogP contribution is -2.67. The van der Waals surface area contributed by atoms with Crippen molar-refractivity contribution in [2.24, 2.45) is 61.8 Å². The average molecular weight is 506 g/mol. The molecule has 5 rings (SSSR count). The third-order valence-corrected chi connectivity index (χ3v) is 14.0. The Kier molecular flexibility index (Phi) is 6.05. The summed E-state index contributed by atoms with van der Waals surface area (Å²) in [6.07, 6.45) is 10.7. The van der Waals surface area contributed by atoms with Crippen LogP contribution in [0.1, 0.15) is 106 Å². The maximum Gasteiger partial charge on any atom is 0.309 e. The lowest BCUT2D eigenvalue weighted by Gasteiger charge is -2.72. The van der Waals surface area contributed by atoms with Crippen molar-refractivity contribution in [3.8, 4) is 0 Å². The fourth-order valence-corrected chi connectivity index (χ4v) is 12.2. The van der Waals surface area contributed by atoms with Gasteiger partial charge in [0.15, 0.2) is 0 Å². The number of aliphatic carboxylic acids is 1. The van der Waals surface area contributed by atoms with Gasteiger partial charge in [0.25, 0.3) is 0 Å². The highest BCUT2D eigenvalue weighted by Crippen LogP contribution is 2.77. The Bertz CT molecular complexity index is 920. The van der Waals surface area contributed by atoms with Gasteiger partial charge in [0.05, 0.1) is 17.2 Å². The fourth-order valence-electron chi connectivity index (χ4n) is 11.7. The monoisotopic (exact) mass is 505 g/mol. The minimum atomic E-state index is -0.652. The Balaban J connectivity index is 1.55. The van der Waals surface area contributed by atoms with Crippen LogP contribution in [0.25, 0.3) is 0 Å². The van der Waals surface area contributed by atoms with Gasteiger partial charge in [0.1, 0.15) is 0 Å². The molecule has 0 amide bonds. The van der Waals surface area contributed by atoms with Crippen molar-refractivity contribution < 1.29 is 19.6 Å². The van der Waals surface area contributed by atoms with Crippen LogP contribution in [0.3, 0.4) is 0 Å². The molecule has 6 heteroatoms. The van der Waals surface area contributed by atoms with Gasteiger partial charge in [0, 0.05) is 15.4 Å². The van der Waals surface area contributed by atoms with Crippen molar-refractivity contribution in [3.63, 3.8) is 0 Å². The second kappa shape index (κ2) is 8.16. The van der Waals surface area contributed by atoms with Crippen LogP contribution in [0.15, 0.2) is 5.16 Å². The summed E-state index contributed by atoms with van der Waals surface area (Å²) in [4.78, 5) is 12.8. The molecule has 0 saturated heterocycles. The first-order chi connectivity index (χ1) is 16.3. The molecule has 0 radical (unpaired) electrons. The molecule has 5 saturated carbocycles. The topological polar surface area (TPSA) is 79.1 Å². The molecule has 2 N–H and O–H groups in total. The molecule has 0 spiro atoms. The molecule has 0 aromatic rings. The van der Waals surface area contributed by atoms with Gasteiger partial charge in [-0.3, -0.25) is 4.79 Å². The minimum Gasteiger partial charge on any atom is -0.481 e. The molecule has 0 bridgehead atoms. The number of fused-ring (bicyclic) bond motifs is 7. The Morgan fingerprint density at radius 2 is 1.60 bits per heavy atom. The predicted molar refractivity (Wildman–Crippen MR) is 141 cm³/mol. The Labute approximate surface area is 214 Å². The van der Waals surface area contributed by atoms with Crippen LogP contribution in [0, 0.1) is 56.7 Å². The first-order valence-electron chi connectivity index (χ1n) is 14.1. The Hall–Kier alpha value is -0.670. The van der Waals surface area contributed by atoms with Gasteiger partial charge in [0.2, 0.25) is 0 Å². The van der Waals surface area contributed by atoms with Crippen molar-refractivity contribution in [1.29, 1.82) is 0 Å². The first kappa shape index (κ1) is 26.0. The van der Waals surface area contributed by atoms with Crippen LogP contribution in [0.5, 0.6) is 0 Å². The van der Waals surface area contributed by atoms with E-state index in [1.165, 1.54) is 25.7 Å². The molecule has 0 aromatic carbocycles. The number of carboxylic acids is 1. The highest BCUT2D eigenvalue weighted by atomic mass is 31.0. The Morgan fingerprint density at radius 3 is 2.23 bits per heavy atom. The predicted octanol–water partition coefficient (Wildman–Crippen LogP) is 7.18. The van der Waals surface area contributed by atoms with Gasteiger partial charge in [-0.05, 0) is 116 Å². The van der Waals surface area contributed by atoms with E-state index >= 15 is 0 Å². The fraction of sp³-hybridized carbons (Fsp3) is 0.931. The number of oxime groups is 1. The average Bonchev–Trinajstić information content (AvgIpc) is 3.20. The van der Waals surface area contributed by atoms with Crippen LogP contribution in [0.4, 0.5) is 0 Å². The molecule has 5 aliphatic rings. The second-order valence-electron chi connectivity index (χ2n) is 14.5. The van der Waals surface area contributed by atoms with Gasteiger partial charge in [-0.15, -0.1) is 0 Å². The van der Waals surface area contributed by atoms with Crippen LogP contribution in [-0.4, -0.2) is 28.1 Å². The van der Waals surface area contributed by atoms with Crippen molar-refractivity contribution in [3.05, 3.63) is 0 Å². The number of hydrogen-bond acceptors (Lipinski definition) is 4. The van der Waals surface area contributed by atoms with Crippen LogP contribution in [0.2, 0.25) is 0 Å². The van der Waals surface area contributed by atoms with E-state index in [0.29, 0.717) is 29.3 Å². The largest absolute Gasteiger partial charge is 0.481 e. The summed E-state index contributed by atoms with van der Waals surface area (Å²) in [5.41, 5.74) is 0.856.